The number of para-hydroxylation sites is 2. The molecule has 1 aliphatic heterocycles. The standard InChI is InChI=1S/C22H23N3O2S/c26-20-9-5-4-8-19(20)24-21(27)16-10-12-25(13-11-16)14-18-15-28-22(23-18)17-6-2-1-3-7-17/h1-9,15-16,26H,10-14H2,(H,24,27). The average molecular weight is 394 g/mol. The van der Waals surface area contributed by atoms with Crippen LogP contribution in [-0.4, -0.2) is 34.0 Å². The minimum atomic E-state index is -0.0221. The number of carbonyl (C=O) groups is 1. The molecule has 144 valence electrons. The lowest BCUT2D eigenvalue weighted by molar-refractivity contribution is -0.121. The Labute approximate surface area is 168 Å². The van der Waals surface area contributed by atoms with Crippen molar-refractivity contribution >= 4 is 22.9 Å². The van der Waals surface area contributed by atoms with Crippen LogP contribution in [0.1, 0.15) is 18.5 Å². The largest absolute Gasteiger partial charge is 0.506 e. The van der Waals surface area contributed by atoms with E-state index >= 15 is 0 Å². The lowest BCUT2D eigenvalue weighted by Gasteiger charge is -2.30. The summed E-state index contributed by atoms with van der Waals surface area (Å²) in [5.41, 5.74) is 2.71. The molecule has 0 radical (unpaired) electrons. The Morgan fingerprint density at radius 2 is 1.82 bits per heavy atom. The van der Waals surface area contributed by atoms with E-state index in [1.54, 1.807) is 35.6 Å². The molecule has 0 aliphatic carbocycles. The first-order valence-electron chi connectivity index (χ1n) is 9.50. The maximum absolute atomic E-state index is 12.5. The zero-order valence-corrected chi connectivity index (χ0v) is 16.4. The second kappa shape index (κ2) is 8.54. The monoisotopic (exact) mass is 393 g/mol. The Balaban J connectivity index is 1.29. The molecule has 0 spiro atoms. The quantitative estimate of drug-likeness (QED) is 0.632. The maximum atomic E-state index is 12.5. The molecule has 4 rings (SSSR count). The second-order valence-corrected chi connectivity index (χ2v) is 7.92. The number of aromatic hydroxyl groups is 1. The zero-order chi connectivity index (χ0) is 19.3. The third-order valence-corrected chi connectivity index (χ3v) is 6.02. The van der Waals surface area contributed by atoms with E-state index in [-0.39, 0.29) is 17.6 Å². The van der Waals surface area contributed by atoms with Gasteiger partial charge in [0.25, 0.3) is 0 Å². The number of phenolic OH excluding ortho intramolecular Hbond substituents is 1. The normalized spacial score (nSPS) is 15.4. The molecule has 1 aromatic heterocycles. The van der Waals surface area contributed by atoms with Crippen LogP contribution < -0.4 is 5.32 Å². The van der Waals surface area contributed by atoms with Gasteiger partial charge in [-0.05, 0) is 38.1 Å². The van der Waals surface area contributed by atoms with Gasteiger partial charge in [-0.15, -0.1) is 11.3 Å². The number of nitrogens with zero attached hydrogens (tertiary/aromatic N) is 2. The number of thiazole rings is 1. The highest BCUT2D eigenvalue weighted by Crippen LogP contribution is 2.27. The summed E-state index contributed by atoms with van der Waals surface area (Å²) in [5.74, 6) is 0.0679. The molecule has 1 fully saturated rings. The van der Waals surface area contributed by atoms with Gasteiger partial charge in [0.1, 0.15) is 10.8 Å². The molecule has 6 heteroatoms. The zero-order valence-electron chi connectivity index (χ0n) is 15.5. The van der Waals surface area contributed by atoms with Crippen molar-refractivity contribution in [2.24, 2.45) is 5.92 Å². The van der Waals surface area contributed by atoms with Crippen LogP contribution in [0.25, 0.3) is 10.6 Å². The Hall–Kier alpha value is -2.70. The minimum absolute atomic E-state index is 0.0128. The Morgan fingerprint density at radius 1 is 1.11 bits per heavy atom. The van der Waals surface area contributed by atoms with E-state index in [0.29, 0.717) is 5.69 Å². The highest BCUT2D eigenvalue weighted by molar-refractivity contribution is 7.13. The molecule has 0 unspecified atom stereocenters. The van der Waals surface area contributed by atoms with E-state index in [4.69, 9.17) is 4.98 Å². The van der Waals surface area contributed by atoms with E-state index in [1.165, 1.54) is 0 Å². The van der Waals surface area contributed by atoms with Gasteiger partial charge in [-0.25, -0.2) is 4.98 Å². The number of hydrogen-bond acceptors (Lipinski definition) is 5. The fourth-order valence-corrected chi connectivity index (χ4v) is 4.31. The first-order chi connectivity index (χ1) is 13.7. The van der Waals surface area contributed by atoms with Gasteiger partial charge in [0.2, 0.25) is 5.91 Å². The van der Waals surface area contributed by atoms with Crippen molar-refractivity contribution in [3.05, 3.63) is 65.7 Å². The number of hydrogen-bond donors (Lipinski definition) is 2. The molecule has 0 atom stereocenters. The number of benzene rings is 2. The molecular weight excluding hydrogens is 370 g/mol. The summed E-state index contributed by atoms with van der Waals surface area (Å²) in [6.45, 7) is 2.56. The van der Waals surface area contributed by atoms with Gasteiger partial charge in [-0.3, -0.25) is 9.69 Å². The number of nitrogens with one attached hydrogen (secondary N) is 1. The lowest BCUT2D eigenvalue weighted by atomic mass is 9.95. The topological polar surface area (TPSA) is 65.5 Å². The molecule has 1 aliphatic rings. The number of likely N-dealkylation sites (tertiary alicyclic amines) is 1. The molecule has 1 amide bonds. The smallest absolute Gasteiger partial charge is 0.227 e. The Bertz CT molecular complexity index is 934. The molecule has 2 heterocycles. The Kier molecular flexibility index (Phi) is 5.69. The molecule has 2 aromatic carbocycles. The van der Waals surface area contributed by atoms with Gasteiger partial charge >= 0.3 is 0 Å². The van der Waals surface area contributed by atoms with Crippen LogP contribution in [0.4, 0.5) is 5.69 Å². The van der Waals surface area contributed by atoms with Crippen LogP contribution in [0.15, 0.2) is 60.0 Å². The van der Waals surface area contributed by atoms with Gasteiger partial charge in [0, 0.05) is 23.4 Å². The van der Waals surface area contributed by atoms with Crippen molar-refractivity contribution in [1.29, 1.82) is 0 Å². The SMILES string of the molecule is O=C(Nc1ccccc1O)C1CCN(Cc2csc(-c3ccccc3)n2)CC1. The van der Waals surface area contributed by atoms with Crippen molar-refractivity contribution in [2.45, 2.75) is 19.4 Å². The van der Waals surface area contributed by atoms with Crippen molar-refractivity contribution in [3.8, 4) is 16.3 Å². The fourth-order valence-electron chi connectivity index (χ4n) is 3.49. The van der Waals surface area contributed by atoms with Crippen molar-refractivity contribution in [2.75, 3.05) is 18.4 Å². The van der Waals surface area contributed by atoms with Crippen molar-refractivity contribution in [1.82, 2.24) is 9.88 Å². The summed E-state index contributed by atoms with van der Waals surface area (Å²) in [6, 6.07) is 17.1. The number of rotatable bonds is 5. The summed E-state index contributed by atoms with van der Waals surface area (Å²) in [7, 11) is 0. The van der Waals surface area contributed by atoms with Crippen molar-refractivity contribution in [3.63, 3.8) is 0 Å². The molecule has 5 nitrogen and oxygen atoms in total. The number of aromatic nitrogens is 1. The molecule has 0 saturated carbocycles. The summed E-state index contributed by atoms with van der Waals surface area (Å²) in [5, 5.41) is 15.8. The number of carbonyl (C=O) groups excluding carboxylic acids is 1. The highest BCUT2D eigenvalue weighted by atomic mass is 32.1. The molecule has 1 saturated heterocycles. The van der Waals surface area contributed by atoms with Crippen LogP contribution >= 0.6 is 11.3 Å². The maximum Gasteiger partial charge on any atom is 0.227 e. The van der Waals surface area contributed by atoms with E-state index in [0.717, 1.165) is 48.7 Å². The first kappa shape index (κ1) is 18.7. The van der Waals surface area contributed by atoms with Crippen molar-refractivity contribution < 1.29 is 9.90 Å². The van der Waals surface area contributed by atoms with Gasteiger partial charge in [-0.1, -0.05) is 42.5 Å². The summed E-state index contributed by atoms with van der Waals surface area (Å²) < 4.78 is 0. The van der Waals surface area contributed by atoms with Crippen LogP contribution in [0, 0.1) is 5.92 Å². The predicted octanol–water partition coefficient (Wildman–Crippen LogP) is 4.37. The van der Waals surface area contributed by atoms with E-state index in [9.17, 15) is 9.90 Å². The van der Waals surface area contributed by atoms with Crippen LogP contribution in [0.5, 0.6) is 5.75 Å². The third-order valence-electron chi connectivity index (χ3n) is 5.08. The summed E-state index contributed by atoms with van der Waals surface area (Å²) >= 11 is 1.67. The molecule has 0 bridgehead atoms. The molecule has 3 aromatic rings. The second-order valence-electron chi connectivity index (χ2n) is 7.07. The van der Waals surface area contributed by atoms with Gasteiger partial charge < -0.3 is 10.4 Å². The number of phenols is 1. The lowest BCUT2D eigenvalue weighted by Crippen LogP contribution is -2.37. The fraction of sp³-hybridized carbons (Fsp3) is 0.273. The average Bonchev–Trinajstić information content (AvgIpc) is 3.19. The molecular formula is C22H23N3O2S. The number of piperidine rings is 1. The van der Waals surface area contributed by atoms with E-state index < -0.39 is 0 Å². The van der Waals surface area contributed by atoms with Gasteiger partial charge in [0.15, 0.2) is 0 Å². The summed E-state index contributed by atoms with van der Waals surface area (Å²) in [6.07, 6.45) is 1.63. The van der Waals surface area contributed by atoms with Gasteiger partial charge in [-0.2, -0.15) is 0 Å². The number of anilines is 1. The van der Waals surface area contributed by atoms with E-state index in [2.05, 4.69) is 27.7 Å². The third kappa shape index (κ3) is 4.40. The van der Waals surface area contributed by atoms with Crippen LogP contribution in [0.2, 0.25) is 0 Å². The van der Waals surface area contributed by atoms with Gasteiger partial charge in [0.05, 0.1) is 11.4 Å². The summed E-state index contributed by atoms with van der Waals surface area (Å²) in [4.78, 5) is 19.6. The first-order valence-corrected chi connectivity index (χ1v) is 10.4. The van der Waals surface area contributed by atoms with Crippen LogP contribution in [-0.2, 0) is 11.3 Å². The van der Waals surface area contributed by atoms with Crippen LogP contribution in [0.3, 0.4) is 0 Å². The number of amides is 1. The molecule has 2 N–H and O–H groups in total. The highest BCUT2D eigenvalue weighted by Gasteiger charge is 2.25. The molecule has 28 heavy (non-hydrogen) atoms. The van der Waals surface area contributed by atoms with E-state index in [1.807, 2.05) is 18.2 Å². The minimum Gasteiger partial charge on any atom is -0.506 e. The Morgan fingerprint density at radius 3 is 2.57 bits per heavy atom. The predicted molar refractivity (Wildman–Crippen MR) is 112 cm³/mol.